The first kappa shape index (κ1) is 14.5. The molecule has 2 fully saturated rings. The Morgan fingerprint density at radius 1 is 1.07 bits per heavy atom. The monoisotopic (exact) mass is 240 g/mol. The number of hydrogen-bond donors (Lipinski definition) is 1. The number of halogens is 2. The highest BCUT2D eigenvalue weighted by Gasteiger charge is 2.40. The van der Waals surface area contributed by atoms with Gasteiger partial charge in [-0.25, -0.2) is 0 Å². The summed E-state index contributed by atoms with van der Waals surface area (Å²) < 4.78 is 0. The largest absolute Gasteiger partial charge is 0.328 e. The number of fused-ring (bicyclic) bond motifs is 2. The van der Waals surface area contributed by atoms with Crippen LogP contribution in [0.4, 0.5) is 0 Å². The van der Waals surface area contributed by atoms with Crippen LogP contribution < -0.4 is 5.73 Å². The third-order valence-electron chi connectivity index (χ3n) is 3.42. The predicted octanol–water partition coefficient (Wildman–Crippen LogP) is 2.19. The van der Waals surface area contributed by atoms with E-state index in [1.54, 1.807) is 0 Å². The van der Waals surface area contributed by atoms with Crippen molar-refractivity contribution in [1.82, 2.24) is 4.90 Å². The zero-order valence-electron chi connectivity index (χ0n) is 8.98. The summed E-state index contributed by atoms with van der Waals surface area (Å²) in [6.07, 6.45) is 5.23. The van der Waals surface area contributed by atoms with Gasteiger partial charge in [-0.15, -0.1) is 24.8 Å². The molecule has 86 valence electrons. The van der Waals surface area contributed by atoms with Crippen LogP contribution in [0.2, 0.25) is 0 Å². The first-order valence-electron chi connectivity index (χ1n) is 5.21. The second-order valence-corrected chi connectivity index (χ2v) is 4.66. The number of nitrogens with zero attached hydrogens (tertiary/aromatic N) is 1. The molecule has 2 aliphatic heterocycles. The van der Waals surface area contributed by atoms with Crippen molar-refractivity contribution < 1.29 is 0 Å². The maximum absolute atomic E-state index is 5.99. The molecule has 2 rings (SSSR count). The topological polar surface area (TPSA) is 29.3 Å². The molecule has 2 nitrogen and oxygen atoms in total. The Kier molecular flexibility index (Phi) is 5.75. The Morgan fingerprint density at radius 2 is 1.50 bits per heavy atom. The van der Waals surface area contributed by atoms with E-state index in [1.807, 2.05) is 0 Å². The number of rotatable bonds is 1. The van der Waals surface area contributed by atoms with Crippen LogP contribution in [-0.2, 0) is 0 Å². The van der Waals surface area contributed by atoms with Crippen molar-refractivity contribution in [3.05, 3.63) is 0 Å². The summed E-state index contributed by atoms with van der Waals surface area (Å²) in [5.74, 6) is 0. The summed E-state index contributed by atoms with van der Waals surface area (Å²) in [6, 6.07) is 2.81. The van der Waals surface area contributed by atoms with E-state index in [1.165, 1.54) is 25.7 Å². The zero-order chi connectivity index (χ0) is 8.72. The number of hydrogen-bond acceptors (Lipinski definition) is 2. The molecule has 0 amide bonds. The van der Waals surface area contributed by atoms with E-state index >= 15 is 0 Å². The van der Waals surface area contributed by atoms with E-state index in [0.29, 0.717) is 6.04 Å². The normalized spacial score (nSPS) is 36.4. The van der Waals surface area contributed by atoms with Crippen LogP contribution in [-0.4, -0.2) is 29.1 Å². The Morgan fingerprint density at radius 3 is 1.86 bits per heavy atom. The molecule has 3 atom stereocenters. The Balaban J connectivity index is 0.000000845. The highest BCUT2D eigenvalue weighted by Crippen LogP contribution is 2.36. The van der Waals surface area contributed by atoms with Gasteiger partial charge >= 0.3 is 0 Å². The molecule has 0 unspecified atom stereocenters. The van der Waals surface area contributed by atoms with Crippen LogP contribution >= 0.6 is 24.8 Å². The molecular weight excluding hydrogens is 219 g/mol. The van der Waals surface area contributed by atoms with Crippen LogP contribution in [0.5, 0.6) is 0 Å². The lowest BCUT2D eigenvalue weighted by molar-refractivity contribution is 0.0938. The lowest BCUT2D eigenvalue weighted by atomic mass is 9.97. The van der Waals surface area contributed by atoms with Crippen molar-refractivity contribution in [2.45, 2.75) is 63.7 Å². The molecule has 2 aliphatic rings. The van der Waals surface area contributed by atoms with Gasteiger partial charge in [-0.1, -0.05) is 0 Å². The Hall–Kier alpha value is 0.500. The zero-order valence-corrected chi connectivity index (χ0v) is 10.6. The van der Waals surface area contributed by atoms with Gasteiger partial charge in [0.15, 0.2) is 0 Å². The molecule has 0 spiro atoms. The molecule has 0 aliphatic carbocycles. The van der Waals surface area contributed by atoms with Crippen LogP contribution in [0.25, 0.3) is 0 Å². The maximum atomic E-state index is 5.99. The first-order chi connectivity index (χ1) is 5.68. The molecule has 2 bridgehead atoms. The molecule has 2 heterocycles. The van der Waals surface area contributed by atoms with Gasteiger partial charge in [-0.05, 0) is 39.5 Å². The first-order valence-corrected chi connectivity index (χ1v) is 5.21. The van der Waals surface area contributed by atoms with Gasteiger partial charge in [0.05, 0.1) is 0 Å². The van der Waals surface area contributed by atoms with Crippen LogP contribution in [0.15, 0.2) is 0 Å². The maximum Gasteiger partial charge on any atom is 0.0116 e. The molecule has 2 N–H and O–H groups in total. The summed E-state index contributed by atoms with van der Waals surface area (Å²) in [4.78, 5) is 2.68. The van der Waals surface area contributed by atoms with Crippen molar-refractivity contribution in [2.75, 3.05) is 0 Å². The average Bonchev–Trinajstić information content (AvgIpc) is 2.24. The number of piperidine rings is 1. The second kappa shape index (κ2) is 5.55. The van der Waals surface area contributed by atoms with Crippen LogP contribution in [0, 0.1) is 0 Å². The molecule has 0 aromatic heterocycles. The lowest BCUT2D eigenvalue weighted by Gasteiger charge is -2.40. The molecular formula is C10H22Cl2N2. The van der Waals surface area contributed by atoms with E-state index in [4.69, 9.17) is 5.73 Å². The fourth-order valence-electron chi connectivity index (χ4n) is 3.10. The smallest absolute Gasteiger partial charge is 0.0116 e. The lowest BCUT2D eigenvalue weighted by Crippen LogP contribution is -2.50. The van der Waals surface area contributed by atoms with Gasteiger partial charge in [0.25, 0.3) is 0 Å². The molecule has 0 radical (unpaired) electrons. The van der Waals surface area contributed by atoms with Gasteiger partial charge in [0.1, 0.15) is 0 Å². The Bertz CT molecular complexity index is 162. The minimum Gasteiger partial charge on any atom is -0.328 e. The molecule has 0 aromatic carbocycles. The van der Waals surface area contributed by atoms with E-state index in [9.17, 15) is 0 Å². The predicted molar refractivity (Wildman–Crippen MR) is 65.5 cm³/mol. The minimum absolute atomic E-state index is 0. The van der Waals surface area contributed by atoms with Crippen LogP contribution in [0.1, 0.15) is 39.5 Å². The quantitative estimate of drug-likeness (QED) is 0.762. The van der Waals surface area contributed by atoms with Crippen molar-refractivity contribution in [3.63, 3.8) is 0 Å². The van der Waals surface area contributed by atoms with E-state index in [0.717, 1.165) is 18.1 Å². The summed E-state index contributed by atoms with van der Waals surface area (Å²) in [7, 11) is 0. The van der Waals surface area contributed by atoms with Gasteiger partial charge in [0.2, 0.25) is 0 Å². The fourth-order valence-corrected chi connectivity index (χ4v) is 3.10. The van der Waals surface area contributed by atoms with Crippen molar-refractivity contribution in [3.8, 4) is 0 Å². The summed E-state index contributed by atoms with van der Waals surface area (Å²) in [6.45, 7) is 4.62. The van der Waals surface area contributed by atoms with Gasteiger partial charge in [-0.3, -0.25) is 4.90 Å². The third kappa shape index (κ3) is 2.54. The highest BCUT2D eigenvalue weighted by molar-refractivity contribution is 5.85. The molecule has 4 heteroatoms. The van der Waals surface area contributed by atoms with E-state index in [-0.39, 0.29) is 24.8 Å². The average molecular weight is 241 g/mol. The van der Waals surface area contributed by atoms with Crippen molar-refractivity contribution >= 4 is 24.8 Å². The molecule has 14 heavy (non-hydrogen) atoms. The van der Waals surface area contributed by atoms with E-state index < -0.39 is 0 Å². The SMILES string of the molecule is CC(C)N1[C@@H]2CC[C@H]1C[C@H](N)C2.Cl.Cl. The van der Waals surface area contributed by atoms with Crippen LogP contribution in [0.3, 0.4) is 0 Å². The highest BCUT2D eigenvalue weighted by atomic mass is 35.5. The molecule has 0 saturated carbocycles. The Labute approximate surface area is 99.4 Å². The third-order valence-corrected chi connectivity index (χ3v) is 3.42. The standard InChI is InChI=1S/C10H20N2.2ClH/c1-7(2)12-9-3-4-10(12)6-8(11)5-9;;/h7-10H,3-6,11H2,1-2H3;2*1H/t8-,9-,10+;;. The fraction of sp³-hybridized carbons (Fsp3) is 1.00. The summed E-state index contributed by atoms with van der Waals surface area (Å²) in [5.41, 5.74) is 5.99. The number of nitrogens with two attached hydrogens (primary N) is 1. The van der Waals surface area contributed by atoms with Gasteiger partial charge in [0, 0.05) is 24.2 Å². The van der Waals surface area contributed by atoms with E-state index in [2.05, 4.69) is 18.7 Å². The molecule has 0 aromatic rings. The molecule has 2 saturated heterocycles. The summed E-state index contributed by atoms with van der Waals surface area (Å²) >= 11 is 0. The second-order valence-electron chi connectivity index (χ2n) is 4.66. The van der Waals surface area contributed by atoms with Crippen molar-refractivity contribution in [2.24, 2.45) is 5.73 Å². The van der Waals surface area contributed by atoms with Crippen molar-refractivity contribution in [1.29, 1.82) is 0 Å². The minimum atomic E-state index is 0. The van der Waals surface area contributed by atoms with Gasteiger partial charge < -0.3 is 5.73 Å². The van der Waals surface area contributed by atoms with Gasteiger partial charge in [-0.2, -0.15) is 0 Å². The summed E-state index contributed by atoms with van der Waals surface area (Å²) in [5, 5.41) is 0.